The van der Waals surface area contributed by atoms with Crippen LogP contribution in [0.15, 0.2) is 85.4 Å². The summed E-state index contributed by atoms with van der Waals surface area (Å²) in [6, 6.07) is 13.0. The zero-order valence-corrected chi connectivity index (χ0v) is 24.7. The number of piperidine rings is 1. The topological polar surface area (TPSA) is 68.4 Å². The summed E-state index contributed by atoms with van der Waals surface area (Å²) in [4.78, 5) is 32.2. The first-order chi connectivity index (χ1) is 20.0. The molecule has 8 heteroatoms. The monoisotopic (exact) mass is 570 g/mol. The van der Waals surface area contributed by atoms with Crippen molar-refractivity contribution < 1.29 is 4.79 Å². The van der Waals surface area contributed by atoms with E-state index in [1.807, 2.05) is 54.4 Å². The van der Waals surface area contributed by atoms with Gasteiger partial charge in [0.2, 0.25) is 0 Å². The minimum atomic E-state index is 0.0267. The molecular weight excluding hydrogens is 532 g/mol. The van der Waals surface area contributed by atoms with Crippen molar-refractivity contribution in [1.82, 2.24) is 24.8 Å². The Hall–Kier alpha value is -3.68. The van der Waals surface area contributed by atoms with E-state index in [1.165, 1.54) is 0 Å². The van der Waals surface area contributed by atoms with Crippen molar-refractivity contribution >= 4 is 28.9 Å². The molecule has 4 heterocycles. The third-order valence-corrected chi connectivity index (χ3v) is 8.55. The number of aromatic nitrogens is 3. The number of rotatable bonds is 8. The molecule has 2 fully saturated rings. The summed E-state index contributed by atoms with van der Waals surface area (Å²) in [6.07, 6.45) is 14.2. The molecule has 2 saturated heterocycles. The second-order valence-electron chi connectivity index (χ2n) is 10.7. The standard InChI is InChI=1S/C33H39ClN6O/c1-4-25(26-9-7-6-8-10-26)12-11-24(3)33(41)38-17-13-29(14-18-38)40-20-19-39(23-28(40)5-2)32-30(34)21-27(22-37-32)31-35-15-16-36-31/h4,6-12,15-16,21-22,28-29H,3,5,13-14,17-20,23H2,1-2H3,(H,35,36)/b12-11-,25-4+/t28-/m0/s1. The Labute approximate surface area is 248 Å². The third kappa shape index (κ3) is 6.63. The highest BCUT2D eigenvalue weighted by Crippen LogP contribution is 2.31. The fourth-order valence-electron chi connectivity index (χ4n) is 5.98. The minimum absolute atomic E-state index is 0.0267. The molecule has 1 amide bonds. The molecule has 0 saturated carbocycles. The molecule has 0 bridgehead atoms. The number of H-pyrrole nitrogens is 1. The number of piperazine rings is 1. The summed E-state index contributed by atoms with van der Waals surface area (Å²) < 4.78 is 0. The lowest BCUT2D eigenvalue weighted by atomic mass is 9.97. The predicted octanol–water partition coefficient (Wildman–Crippen LogP) is 6.23. The van der Waals surface area contributed by atoms with Gasteiger partial charge in [0.15, 0.2) is 0 Å². The van der Waals surface area contributed by atoms with E-state index in [-0.39, 0.29) is 5.91 Å². The number of likely N-dealkylation sites (tertiary alicyclic amines) is 1. The quantitative estimate of drug-likeness (QED) is 0.257. The first-order valence-electron chi connectivity index (χ1n) is 14.5. The van der Waals surface area contributed by atoms with E-state index in [1.54, 1.807) is 12.4 Å². The maximum atomic E-state index is 13.2. The van der Waals surface area contributed by atoms with Crippen LogP contribution >= 0.6 is 11.6 Å². The molecule has 1 N–H and O–H groups in total. The zero-order chi connectivity index (χ0) is 28.8. The second kappa shape index (κ2) is 13.3. The number of benzene rings is 1. The molecule has 3 aromatic rings. The van der Waals surface area contributed by atoms with Crippen molar-refractivity contribution in [2.75, 3.05) is 37.6 Å². The molecule has 0 radical (unpaired) electrons. The maximum Gasteiger partial charge on any atom is 0.253 e. The molecule has 5 rings (SSSR count). The summed E-state index contributed by atoms with van der Waals surface area (Å²) >= 11 is 6.69. The molecule has 0 unspecified atom stereocenters. The van der Waals surface area contributed by atoms with Crippen molar-refractivity contribution in [1.29, 1.82) is 0 Å². The van der Waals surface area contributed by atoms with Gasteiger partial charge in [-0.15, -0.1) is 0 Å². The van der Waals surface area contributed by atoms with Crippen LogP contribution in [0.5, 0.6) is 0 Å². The first kappa shape index (κ1) is 28.8. The molecule has 0 aliphatic carbocycles. The van der Waals surface area contributed by atoms with E-state index in [9.17, 15) is 4.79 Å². The Balaban J connectivity index is 1.15. The van der Waals surface area contributed by atoms with Crippen molar-refractivity contribution in [2.24, 2.45) is 0 Å². The Kier molecular flexibility index (Phi) is 9.37. The molecule has 7 nitrogen and oxygen atoms in total. The predicted molar refractivity (Wildman–Crippen MR) is 168 cm³/mol. The number of nitrogens with one attached hydrogen (secondary N) is 1. The smallest absolute Gasteiger partial charge is 0.253 e. The average molecular weight is 571 g/mol. The fourth-order valence-corrected chi connectivity index (χ4v) is 6.26. The van der Waals surface area contributed by atoms with Gasteiger partial charge in [0.1, 0.15) is 11.6 Å². The number of halogens is 1. The second-order valence-corrected chi connectivity index (χ2v) is 11.1. The van der Waals surface area contributed by atoms with Gasteiger partial charge in [-0.2, -0.15) is 0 Å². The van der Waals surface area contributed by atoms with Gasteiger partial charge in [-0.1, -0.05) is 67.6 Å². The van der Waals surface area contributed by atoms with Gasteiger partial charge in [0.05, 0.1) is 5.02 Å². The number of anilines is 1. The van der Waals surface area contributed by atoms with Gasteiger partial charge in [-0.05, 0) is 49.5 Å². The van der Waals surface area contributed by atoms with Gasteiger partial charge < -0.3 is 14.8 Å². The molecule has 41 heavy (non-hydrogen) atoms. The van der Waals surface area contributed by atoms with Crippen LogP contribution in [0, 0.1) is 0 Å². The molecule has 214 valence electrons. The van der Waals surface area contributed by atoms with E-state index in [2.05, 4.69) is 51.5 Å². The van der Waals surface area contributed by atoms with Gasteiger partial charge >= 0.3 is 0 Å². The van der Waals surface area contributed by atoms with Gasteiger partial charge in [-0.25, -0.2) is 9.97 Å². The van der Waals surface area contributed by atoms with E-state index in [0.717, 1.165) is 80.3 Å². The molecule has 1 atom stereocenters. The number of pyridine rings is 1. The lowest BCUT2D eigenvalue weighted by Gasteiger charge is -2.47. The molecule has 0 spiro atoms. The SMILES string of the molecule is C=C(/C=C\C(=C/C)c1ccccc1)C(=O)N1CCC(N2CCN(c3ncc(-c4ncc[nH]4)cc3Cl)C[C@@H]2CC)CC1. The molecular formula is C33H39ClN6O. The summed E-state index contributed by atoms with van der Waals surface area (Å²) in [5.41, 5.74) is 3.61. The Morgan fingerprint density at radius 2 is 1.90 bits per heavy atom. The minimum Gasteiger partial charge on any atom is -0.353 e. The number of carbonyl (C=O) groups excluding carboxylic acids is 1. The Morgan fingerprint density at radius 1 is 1.12 bits per heavy atom. The summed E-state index contributed by atoms with van der Waals surface area (Å²) in [5.74, 6) is 1.63. The number of nitrogens with zero attached hydrogens (tertiary/aromatic N) is 5. The van der Waals surface area contributed by atoms with Crippen LogP contribution < -0.4 is 4.90 Å². The number of imidazole rings is 1. The van der Waals surface area contributed by atoms with Crippen molar-refractivity contribution in [3.05, 3.63) is 96.0 Å². The number of carbonyl (C=O) groups is 1. The zero-order valence-electron chi connectivity index (χ0n) is 24.0. The van der Waals surface area contributed by atoms with E-state index < -0.39 is 0 Å². The maximum absolute atomic E-state index is 13.2. The van der Waals surface area contributed by atoms with Crippen LogP contribution in [0.4, 0.5) is 5.82 Å². The van der Waals surface area contributed by atoms with Gasteiger partial charge in [0, 0.05) is 74.5 Å². The average Bonchev–Trinajstić information content (AvgIpc) is 3.56. The number of aromatic amines is 1. The lowest BCUT2D eigenvalue weighted by molar-refractivity contribution is -0.128. The van der Waals surface area contributed by atoms with Crippen LogP contribution in [0.1, 0.15) is 38.7 Å². The number of hydrogen-bond acceptors (Lipinski definition) is 5. The lowest BCUT2D eigenvalue weighted by Crippen LogP contribution is -2.58. The van der Waals surface area contributed by atoms with Crippen molar-refractivity contribution in [3.8, 4) is 11.4 Å². The van der Waals surface area contributed by atoms with Crippen LogP contribution in [0.3, 0.4) is 0 Å². The highest BCUT2D eigenvalue weighted by Gasteiger charge is 2.34. The first-order valence-corrected chi connectivity index (χ1v) is 14.9. The number of amides is 1. The normalized spacial score (nSPS) is 19.2. The van der Waals surface area contributed by atoms with E-state index >= 15 is 0 Å². The summed E-state index contributed by atoms with van der Waals surface area (Å²) in [7, 11) is 0. The largest absolute Gasteiger partial charge is 0.353 e. The highest BCUT2D eigenvalue weighted by atomic mass is 35.5. The molecule has 2 aromatic heterocycles. The number of allylic oxidation sites excluding steroid dienone is 3. The third-order valence-electron chi connectivity index (χ3n) is 8.27. The summed E-state index contributed by atoms with van der Waals surface area (Å²) in [5, 5.41) is 0.647. The van der Waals surface area contributed by atoms with Crippen LogP contribution in [-0.4, -0.2) is 75.5 Å². The Morgan fingerprint density at radius 3 is 2.56 bits per heavy atom. The van der Waals surface area contributed by atoms with E-state index in [0.29, 0.717) is 22.7 Å². The molecule has 2 aliphatic rings. The van der Waals surface area contributed by atoms with Gasteiger partial charge in [-0.3, -0.25) is 9.69 Å². The van der Waals surface area contributed by atoms with Crippen LogP contribution in [-0.2, 0) is 4.79 Å². The van der Waals surface area contributed by atoms with Crippen molar-refractivity contribution in [3.63, 3.8) is 0 Å². The fraction of sp³-hybridized carbons (Fsp3) is 0.364. The van der Waals surface area contributed by atoms with Crippen LogP contribution in [0.25, 0.3) is 17.0 Å². The van der Waals surface area contributed by atoms with Crippen molar-refractivity contribution in [2.45, 2.75) is 45.2 Å². The highest BCUT2D eigenvalue weighted by molar-refractivity contribution is 6.33. The molecule has 1 aromatic carbocycles. The number of hydrogen-bond donors (Lipinski definition) is 1. The molecule has 2 aliphatic heterocycles. The van der Waals surface area contributed by atoms with Gasteiger partial charge in [0.25, 0.3) is 5.91 Å². The Bertz CT molecular complexity index is 1390. The van der Waals surface area contributed by atoms with E-state index in [4.69, 9.17) is 16.6 Å². The van der Waals surface area contributed by atoms with Crippen LogP contribution in [0.2, 0.25) is 5.02 Å². The summed E-state index contributed by atoms with van der Waals surface area (Å²) in [6.45, 7) is 12.6.